The number of nitrogens with zero attached hydrogens (tertiary/aromatic N) is 1. The van der Waals surface area contributed by atoms with Crippen LogP contribution in [0.1, 0.15) is 29.1 Å². The van der Waals surface area contributed by atoms with E-state index in [2.05, 4.69) is 0 Å². The van der Waals surface area contributed by atoms with Crippen LogP contribution in [0.25, 0.3) is 6.08 Å². The summed E-state index contributed by atoms with van der Waals surface area (Å²) in [6.07, 6.45) is 1.39. The van der Waals surface area contributed by atoms with Gasteiger partial charge in [-0.25, -0.2) is 9.59 Å². The van der Waals surface area contributed by atoms with Crippen molar-refractivity contribution in [1.29, 1.82) is 5.26 Å². The Balaban J connectivity index is 2.29. The molecule has 0 unspecified atom stereocenters. The van der Waals surface area contributed by atoms with Gasteiger partial charge in [0, 0.05) is 0 Å². The second-order valence-electron chi connectivity index (χ2n) is 4.90. The van der Waals surface area contributed by atoms with E-state index in [-0.39, 0.29) is 17.9 Å². The Morgan fingerprint density at radius 3 is 2.62 bits per heavy atom. The highest BCUT2D eigenvalue weighted by atomic mass is 32.1. The highest BCUT2D eigenvalue weighted by Crippen LogP contribution is 2.30. The summed E-state index contributed by atoms with van der Waals surface area (Å²) in [7, 11) is 0. The highest BCUT2D eigenvalue weighted by molar-refractivity contribution is 7.12. The molecule has 0 bridgehead atoms. The first-order valence-electron chi connectivity index (χ1n) is 7.90. The number of ether oxygens (including phenoxy) is 3. The third-order valence-corrected chi connectivity index (χ3v) is 3.97. The van der Waals surface area contributed by atoms with Crippen LogP contribution in [-0.2, 0) is 9.53 Å². The lowest BCUT2D eigenvalue weighted by molar-refractivity contribution is -0.137. The average Bonchev–Trinajstić information content (AvgIpc) is 3.17. The second kappa shape index (κ2) is 9.39. The molecule has 0 spiro atoms. The van der Waals surface area contributed by atoms with Crippen molar-refractivity contribution in [3.05, 3.63) is 51.7 Å². The summed E-state index contributed by atoms with van der Waals surface area (Å²) >= 11 is 1.28. The van der Waals surface area contributed by atoms with E-state index in [0.717, 1.165) is 0 Å². The van der Waals surface area contributed by atoms with Crippen molar-refractivity contribution in [1.82, 2.24) is 0 Å². The van der Waals surface area contributed by atoms with E-state index in [1.54, 1.807) is 49.6 Å². The Morgan fingerprint density at radius 1 is 1.19 bits per heavy atom. The number of carbonyl (C=O) groups is 2. The predicted molar refractivity (Wildman–Crippen MR) is 97.1 cm³/mol. The normalized spacial score (nSPS) is 10.7. The minimum absolute atomic E-state index is 0.127. The standard InChI is InChI=1S/C19H17NO5S/c1-3-23-16-11-13(10-14(12-20)18(21)24-4-2)7-8-15(16)25-19(22)17-6-5-9-26-17/h5-11H,3-4H2,1-2H3/b14-10+. The fourth-order valence-corrected chi connectivity index (χ4v) is 2.62. The zero-order chi connectivity index (χ0) is 18.9. The third kappa shape index (κ3) is 4.94. The molecule has 0 aliphatic carbocycles. The molecule has 2 aromatic rings. The summed E-state index contributed by atoms with van der Waals surface area (Å²) in [6.45, 7) is 4.00. The lowest BCUT2D eigenvalue weighted by Crippen LogP contribution is -2.08. The molecule has 0 aliphatic rings. The van der Waals surface area contributed by atoms with Gasteiger partial charge in [-0.05, 0) is 49.1 Å². The molecule has 1 heterocycles. The van der Waals surface area contributed by atoms with E-state index in [1.807, 2.05) is 6.07 Å². The summed E-state index contributed by atoms with van der Waals surface area (Å²) in [6, 6.07) is 10.0. The minimum Gasteiger partial charge on any atom is -0.490 e. The number of carbonyl (C=O) groups excluding carboxylic acids is 2. The first-order chi connectivity index (χ1) is 12.6. The maximum absolute atomic E-state index is 12.1. The summed E-state index contributed by atoms with van der Waals surface area (Å²) in [5.41, 5.74) is 0.423. The van der Waals surface area contributed by atoms with Crippen LogP contribution >= 0.6 is 11.3 Å². The molecule has 7 heteroatoms. The van der Waals surface area contributed by atoms with Gasteiger partial charge < -0.3 is 14.2 Å². The van der Waals surface area contributed by atoms with Crippen LogP contribution in [0, 0.1) is 11.3 Å². The molecule has 0 radical (unpaired) electrons. The molecule has 0 saturated carbocycles. The molecule has 26 heavy (non-hydrogen) atoms. The molecule has 1 aromatic carbocycles. The largest absolute Gasteiger partial charge is 0.490 e. The molecule has 0 atom stereocenters. The van der Waals surface area contributed by atoms with E-state index in [0.29, 0.717) is 22.8 Å². The molecule has 1 aromatic heterocycles. The van der Waals surface area contributed by atoms with Crippen molar-refractivity contribution in [3.8, 4) is 17.6 Å². The van der Waals surface area contributed by atoms with Gasteiger partial charge in [-0.2, -0.15) is 5.26 Å². The van der Waals surface area contributed by atoms with E-state index < -0.39 is 11.9 Å². The number of thiophene rings is 1. The molecule has 0 N–H and O–H groups in total. The van der Waals surface area contributed by atoms with E-state index >= 15 is 0 Å². The Labute approximate surface area is 155 Å². The van der Waals surface area contributed by atoms with Crippen molar-refractivity contribution in [2.75, 3.05) is 13.2 Å². The summed E-state index contributed by atoms with van der Waals surface area (Å²) in [5, 5.41) is 10.9. The quantitative estimate of drug-likeness (QED) is 0.318. The maximum atomic E-state index is 12.1. The highest BCUT2D eigenvalue weighted by Gasteiger charge is 2.15. The van der Waals surface area contributed by atoms with Crippen LogP contribution < -0.4 is 9.47 Å². The van der Waals surface area contributed by atoms with Gasteiger partial charge in [-0.15, -0.1) is 11.3 Å². The zero-order valence-corrected chi connectivity index (χ0v) is 15.2. The van der Waals surface area contributed by atoms with Crippen LogP contribution in [0.3, 0.4) is 0 Å². The van der Waals surface area contributed by atoms with E-state index in [9.17, 15) is 9.59 Å². The van der Waals surface area contributed by atoms with Gasteiger partial charge in [-0.1, -0.05) is 12.1 Å². The molecule has 0 saturated heterocycles. The fraction of sp³-hybridized carbons (Fsp3) is 0.211. The third-order valence-electron chi connectivity index (χ3n) is 3.12. The second-order valence-corrected chi connectivity index (χ2v) is 5.84. The number of esters is 2. The number of benzene rings is 1. The first-order valence-corrected chi connectivity index (χ1v) is 8.78. The lowest BCUT2D eigenvalue weighted by Gasteiger charge is -2.11. The van der Waals surface area contributed by atoms with Crippen molar-refractivity contribution in [3.63, 3.8) is 0 Å². The monoisotopic (exact) mass is 371 g/mol. The number of hydrogen-bond acceptors (Lipinski definition) is 7. The SMILES string of the molecule is CCOC(=O)/C(C#N)=C/c1ccc(OC(=O)c2cccs2)c(OCC)c1. The van der Waals surface area contributed by atoms with Crippen LogP contribution in [0.15, 0.2) is 41.3 Å². The van der Waals surface area contributed by atoms with Gasteiger partial charge >= 0.3 is 11.9 Å². The first kappa shape index (κ1) is 19.2. The number of hydrogen-bond donors (Lipinski definition) is 0. The van der Waals surface area contributed by atoms with Crippen LogP contribution in [0.2, 0.25) is 0 Å². The Kier molecular flexibility index (Phi) is 6.94. The average molecular weight is 371 g/mol. The van der Waals surface area contributed by atoms with Crippen molar-refractivity contribution < 1.29 is 23.8 Å². The zero-order valence-electron chi connectivity index (χ0n) is 14.4. The molecule has 6 nitrogen and oxygen atoms in total. The van der Waals surface area contributed by atoms with E-state index in [1.165, 1.54) is 17.4 Å². The van der Waals surface area contributed by atoms with Crippen molar-refractivity contribution in [2.45, 2.75) is 13.8 Å². The lowest BCUT2D eigenvalue weighted by atomic mass is 10.1. The Hall–Kier alpha value is -3.11. The van der Waals surface area contributed by atoms with Crippen molar-refractivity contribution in [2.24, 2.45) is 0 Å². The van der Waals surface area contributed by atoms with Gasteiger partial charge in [0.15, 0.2) is 11.5 Å². The molecule has 2 rings (SSSR count). The van der Waals surface area contributed by atoms with Gasteiger partial charge in [0.05, 0.1) is 13.2 Å². The van der Waals surface area contributed by atoms with E-state index in [4.69, 9.17) is 19.5 Å². The maximum Gasteiger partial charge on any atom is 0.353 e. The molecule has 0 aliphatic heterocycles. The molecule has 0 fully saturated rings. The minimum atomic E-state index is -0.693. The Bertz CT molecular complexity index is 849. The van der Waals surface area contributed by atoms with Gasteiger partial charge in [-0.3, -0.25) is 0 Å². The molecular weight excluding hydrogens is 354 g/mol. The predicted octanol–water partition coefficient (Wildman–Crippen LogP) is 3.84. The van der Waals surface area contributed by atoms with Crippen LogP contribution in [0.5, 0.6) is 11.5 Å². The van der Waals surface area contributed by atoms with Crippen LogP contribution in [0.4, 0.5) is 0 Å². The number of rotatable bonds is 7. The van der Waals surface area contributed by atoms with Gasteiger partial charge in [0.1, 0.15) is 16.5 Å². The number of nitriles is 1. The smallest absolute Gasteiger partial charge is 0.353 e. The Morgan fingerprint density at radius 2 is 2.00 bits per heavy atom. The summed E-state index contributed by atoms with van der Waals surface area (Å²) in [4.78, 5) is 24.3. The van der Waals surface area contributed by atoms with Gasteiger partial charge in [0.2, 0.25) is 0 Å². The van der Waals surface area contributed by atoms with Gasteiger partial charge in [0.25, 0.3) is 0 Å². The molecule has 0 amide bonds. The van der Waals surface area contributed by atoms with Crippen LogP contribution in [-0.4, -0.2) is 25.2 Å². The summed E-state index contributed by atoms with van der Waals surface area (Å²) < 4.78 is 15.7. The van der Waals surface area contributed by atoms with Crippen molar-refractivity contribution >= 4 is 29.4 Å². The molecular formula is C19H17NO5S. The topological polar surface area (TPSA) is 85.6 Å². The molecule has 134 valence electrons. The summed E-state index contributed by atoms with van der Waals surface area (Å²) in [5.74, 6) is -0.570. The fourth-order valence-electron chi connectivity index (χ4n) is 2.02.